The molecule has 1 atom stereocenters. The molecule has 1 aromatic carbocycles. The van der Waals surface area contributed by atoms with E-state index in [-0.39, 0.29) is 11.9 Å². The molecule has 0 bridgehead atoms. The van der Waals surface area contributed by atoms with Crippen molar-refractivity contribution in [2.75, 3.05) is 24.5 Å². The van der Waals surface area contributed by atoms with Crippen LogP contribution in [0.15, 0.2) is 18.2 Å². The summed E-state index contributed by atoms with van der Waals surface area (Å²) >= 11 is 0. The Hall–Kier alpha value is -1.09. The van der Waals surface area contributed by atoms with Gasteiger partial charge in [0.2, 0.25) is 0 Å². The summed E-state index contributed by atoms with van der Waals surface area (Å²) in [5.41, 5.74) is 1.96. The first-order valence-corrected chi connectivity index (χ1v) is 8.45. The summed E-state index contributed by atoms with van der Waals surface area (Å²) < 4.78 is 14.4. The largest absolute Gasteiger partial charge is 0.371 e. The molecule has 2 saturated carbocycles. The number of rotatable bonds is 8. The van der Waals surface area contributed by atoms with Crippen LogP contribution in [-0.4, -0.2) is 19.6 Å². The third-order valence-corrected chi connectivity index (χ3v) is 4.66. The molecule has 2 fully saturated rings. The normalized spacial score (nSPS) is 19.6. The molecule has 2 aliphatic rings. The maximum atomic E-state index is 14.4. The van der Waals surface area contributed by atoms with Crippen LogP contribution >= 0.6 is 0 Å². The molecule has 0 spiro atoms. The van der Waals surface area contributed by atoms with Gasteiger partial charge in [-0.15, -0.1) is 0 Å². The van der Waals surface area contributed by atoms with E-state index in [4.69, 9.17) is 0 Å². The van der Waals surface area contributed by atoms with Gasteiger partial charge in [-0.3, -0.25) is 0 Å². The van der Waals surface area contributed by atoms with Crippen molar-refractivity contribution in [3.8, 4) is 0 Å². The van der Waals surface area contributed by atoms with Crippen LogP contribution in [0.3, 0.4) is 0 Å². The predicted octanol–water partition coefficient (Wildman–Crippen LogP) is 4.12. The highest BCUT2D eigenvalue weighted by Crippen LogP contribution is 2.38. The maximum Gasteiger partial charge on any atom is 0.130 e. The molecule has 0 heterocycles. The lowest BCUT2D eigenvalue weighted by atomic mass is 10.0. The third-order valence-electron chi connectivity index (χ3n) is 4.66. The van der Waals surface area contributed by atoms with E-state index in [1.54, 1.807) is 6.07 Å². The lowest BCUT2D eigenvalue weighted by molar-refractivity contribution is 0.537. The molecular formula is C18H27FN2. The molecular weight excluding hydrogens is 263 g/mol. The van der Waals surface area contributed by atoms with Crippen molar-refractivity contribution in [1.29, 1.82) is 0 Å². The molecule has 2 nitrogen and oxygen atoms in total. The number of hydrogen-bond donors (Lipinski definition) is 1. The summed E-state index contributed by atoms with van der Waals surface area (Å²) in [6.07, 6.45) is 5.37. The Labute approximate surface area is 127 Å². The monoisotopic (exact) mass is 290 g/mol. The highest BCUT2D eigenvalue weighted by molar-refractivity contribution is 5.56. The van der Waals surface area contributed by atoms with Gasteiger partial charge in [-0.2, -0.15) is 0 Å². The molecule has 3 rings (SSSR count). The standard InChI is InChI=1S/C18H27FN2/c1-3-20-13(2)18-16(19)5-4-6-17(18)21(11-14-7-8-14)12-15-9-10-15/h4-6,13-15,20H,3,7-12H2,1-2H3. The van der Waals surface area contributed by atoms with E-state index < -0.39 is 0 Å². The summed E-state index contributed by atoms with van der Waals surface area (Å²) in [4.78, 5) is 2.46. The lowest BCUT2D eigenvalue weighted by Gasteiger charge is -2.29. The van der Waals surface area contributed by atoms with Crippen molar-refractivity contribution in [2.45, 2.75) is 45.6 Å². The quantitative estimate of drug-likeness (QED) is 0.774. The minimum absolute atomic E-state index is 0.0621. The Kier molecular flexibility index (Phi) is 4.48. The Morgan fingerprint density at radius 2 is 1.81 bits per heavy atom. The first-order chi connectivity index (χ1) is 10.2. The van der Waals surface area contributed by atoms with E-state index in [1.807, 2.05) is 6.07 Å². The summed E-state index contributed by atoms with van der Waals surface area (Å²) in [6.45, 7) is 7.21. The summed E-state index contributed by atoms with van der Waals surface area (Å²) in [5, 5.41) is 3.37. The van der Waals surface area contributed by atoms with E-state index in [0.717, 1.165) is 42.7 Å². The number of hydrogen-bond acceptors (Lipinski definition) is 2. The van der Waals surface area contributed by atoms with E-state index in [1.165, 1.54) is 25.7 Å². The Balaban J connectivity index is 1.87. The topological polar surface area (TPSA) is 15.3 Å². The summed E-state index contributed by atoms with van der Waals surface area (Å²) in [7, 11) is 0. The fraction of sp³-hybridized carbons (Fsp3) is 0.667. The Morgan fingerprint density at radius 3 is 2.33 bits per heavy atom. The Morgan fingerprint density at radius 1 is 1.19 bits per heavy atom. The van der Waals surface area contributed by atoms with Crippen molar-refractivity contribution in [3.05, 3.63) is 29.6 Å². The van der Waals surface area contributed by atoms with Crippen LogP contribution in [0, 0.1) is 17.7 Å². The SMILES string of the molecule is CCNC(C)c1c(F)cccc1N(CC1CC1)CC1CC1. The minimum atomic E-state index is -0.0717. The zero-order valence-corrected chi connectivity index (χ0v) is 13.2. The average Bonchev–Trinajstić information content (AvgIpc) is 3.33. The molecule has 2 aliphatic carbocycles. The molecule has 1 unspecified atom stereocenters. The van der Waals surface area contributed by atoms with Crippen LogP contribution in [0.2, 0.25) is 0 Å². The van der Waals surface area contributed by atoms with Crippen molar-refractivity contribution >= 4 is 5.69 Å². The smallest absolute Gasteiger partial charge is 0.130 e. The number of nitrogens with zero attached hydrogens (tertiary/aromatic N) is 1. The van der Waals surface area contributed by atoms with Crippen molar-refractivity contribution in [1.82, 2.24) is 5.32 Å². The average molecular weight is 290 g/mol. The van der Waals surface area contributed by atoms with Crippen molar-refractivity contribution < 1.29 is 4.39 Å². The van der Waals surface area contributed by atoms with Gasteiger partial charge in [-0.1, -0.05) is 13.0 Å². The molecule has 0 aliphatic heterocycles. The number of benzene rings is 1. The van der Waals surface area contributed by atoms with Crippen LogP contribution in [0.25, 0.3) is 0 Å². The van der Waals surface area contributed by atoms with E-state index >= 15 is 0 Å². The second-order valence-electron chi connectivity index (χ2n) is 6.74. The molecule has 0 saturated heterocycles. The van der Waals surface area contributed by atoms with Crippen LogP contribution < -0.4 is 10.2 Å². The van der Waals surface area contributed by atoms with Crippen LogP contribution in [0.4, 0.5) is 10.1 Å². The fourth-order valence-corrected chi connectivity index (χ4v) is 3.13. The van der Waals surface area contributed by atoms with Crippen LogP contribution in [0.5, 0.6) is 0 Å². The zero-order valence-electron chi connectivity index (χ0n) is 13.2. The highest BCUT2D eigenvalue weighted by Gasteiger charge is 2.31. The second-order valence-corrected chi connectivity index (χ2v) is 6.74. The summed E-state index contributed by atoms with van der Waals surface area (Å²) in [5.74, 6) is 1.58. The van der Waals surface area contributed by atoms with Gasteiger partial charge in [0.05, 0.1) is 0 Å². The number of nitrogens with one attached hydrogen (secondary N) is 1. The molecule has 1 N–H and O–H groups in total. The highest BCUT2D eigenvalue weighted by atomic mass is 19.1. The maximum absolute atomic E-state index is 14.4. The molecule has 116 valence electrons. The lowest BCUT2D eigenvalue weighted by Crippen LogP contribution is -2.31. The molecule has 21 heavy (non-hydrogen) atoms. The van der Waals surface area contributed by atoms with E-state index in [2.05, 4.69) is 30.1 Å². The van der Waals surface area contributed by atoms with Gasteiger partial charge in [-0.05, 0) is 63.1 Å². The Bertz CT molecular complexity index is 466. The van der Waals surface area contributed by atoms with Crippen LogP contribution in [-0.2, 0) is 0 Å². The van der Waals surface area contributed by atoms with Gasteiger partial charge < -0.3 is 10.2 Å². The number of halogens is 1. The molecule has 1 aromatic rings. The molecule has 3 heteroatoms. The fourth-order valence-electron chi connectivity index (χ4n) is 3.13. The molecule has 0 aromatic heterocycles. The minimum Gasteiger partial charge on any atom is -0.371 e. The van der Waals surface area contributed by atoms with E-state index in [9.17, 15) is 4.39 Å². The number of anilines is 1. The summed E-state index contributed by atoms with van der Waals surface area (Å²) in [6, 6.07) is 5.63. The van der Waals surface area contributed by atoms with Gasteiger partial charge in [0.15, 0.2) is 0 Å². The van der Waals surface area contributed by atoms with Gasteiger partial charge >= 0.3 is 0 Å². The van der Waals surface area contributed by atoms with Crippen LogP contribution in [0.1, 0.15) is 51.1 Å². The predicted molar refractivity (Wildman–Crippen MR) is 86.2 cm³/mol. The van der Waals surface area contributed by atoms with Gasteiger partial charge in [-0.25, -0.2) is 4.39 Å². The van der Waals surface area contributed by atoms with Gasteiger partial charge in [0.25, 0.3) is 0 Å². The zero-order chi connectivity index (χ0) is 14.8. The molecule has 0 amide bonds. The van der Waals surface area contributed by atoms with Gasteiger partial charge in [0, 0.05) is 30.4 Å². The van der Waals surface area contributed by atoms with E-state index in [0.29, 0.717) is 0 Å². The van der Waals surface area contributed by atoms with Crippen molar-refractivity contribution in [3.63, 3.8) is 0 Å². The van der Waals surface area contributed by atoms with Gasteiger partial charge in [0.1, 0.15) is 5.82 Å². The van der Waals surface area contributed by atoms with Crippen molar-refractivity contribution in [2.24, 2.45) is 11.8 Å². The second kappa shape index (κ2) is 6.35. The molecule has 0 radical (unpaired) electrons. The first kappa shape index (κ1) is 14.8. The third kappa shape index (κ3) is 3.76. The first-order valence-electron chi connectivity index (χ1n) is 8.45.